The average molecular weight is 314 g/mol. The number of hydrogen-bond acceptors (Lipinski definition) is 3. The zero-order valence-electron chi connectivity index (χ0n) is 10.8. The van der Waals surface area contributed by atoms with E-state index in [2.05, 4.69) is 0 Å². The van der Waals surface area contributed by atoms with Crippen LogP contribution in [0.15, 0.2) is 36.5 Å². The summed E-state index contributed by atoms with van der Waals surface area (Å²) in [5, 5.41) is 0.845. The first-order chi connectivity index (χ1) is 9.59. The molecule has 0 unspecified atom stereocenters. The van der Waals surface area contributed by atoms with E-state index in [9.17, 15) is 4.79 Å². The maximum absolute atomic E-state index is 11.7. The number of rotatable bonds is 5. The first-order valence-electron chi connectivity index (χ1n) is 5.95. The Morgan fingerprint density at radius 3 is 2.45 bits per heavy atom. The van der Waals surface area contributed by atoms with Crippen molar-refractivity contribution in [1.82, 2.24) is 4.57 Å². The van der Waals surface area contributed by atoms with Gasteiger partial charge in [-0.05, 0) is 24.3 Å². The van der Waals surface area contributed by atoms with E-state index in [4.69, 9.17) is 32.7 Å². The number of para-hydroxylation sites is 1. The van der Waals surface area contributed by atoms with Gasteiger partial charge in [-0.25, -0.2) is 4.79 Å². The van der Waals surface area contributed by atoms with Gasteiger partial charge in [-0.3, -0.25) is 0 Å². The standard InChI is InChI=1S/C14H13Cl2NO3/c1-17-7-3-6-12(17)14(18)20-9-8-19-13-10(15)4-2-5-11(13)16/h2-7H,8-9H2,1H3. The molecule has 20 heavy (non-hydrogen) atoms. The predicted molar refractivity (Wildman–Crippen MR) is 77.7 cm³/mol. The Bertz CT molecular complexity index is 590. The van der Waals surface area contributed by atoms with Crippen LogP contribution in [0.25, 0.3) is 0 Å². The molecule has 0 aliphatic heterocycles. The van der Waals surface area contributed by atoms with Crippen molar-refractivity contribution in [3.05, 3.63) is 52.3 Å². The Balaban J connectivity index is 1.83. The third-order valence-corrected chi connectivity index (χ3v) is 3.23. The number of aryl methyl sites for hydroxylation is 1. The topological polar surface area (TPSA) is 40.5 Å². The van der Waals surface area contributed by atoms with Crippen molar-refractivity contribution >= 4 is 29.2 Å². The summed E-state index contributed by atoms with van der Waals surface area (Å²) in [4.78, 5) is 11.7. The summed E-state index contributed by atoms with van der Waals surface area (Å²) in [6.45, 7) is 0.297. The largest absolute Gasteiger partial charge is 0.487 e. The van der Waals surface area contributed by atoms with Crippen LogP contribution in [-0.4, -0.2) is 23.8 Å². The molecule has 0 saturated heterocycles. The van der Waals surface area contributed by atoms with E-state index in [1.54, 1.807) is 48.1 Å². The molecule has 0 aliphatic rings. The maximum atomic E-state index is 11.7. The summed E-state index contributed by atoms with van der Waals surface area (Å²) in [6.07, 6.45) is 1.77. The molecule has 4 nitrogen and oxygen atoms in total. The first kappa shape index (κ1) is 14.8. The molecular formula is C14H13Cl2NO3. The quantitative estimate of drug-likeness (QED) is 0.626. The van der Waals surface area contributed by atoms with Crippen LogP contribution in [0.2, 0.25) is 10.0 Å². The van der Waals surface area contributed by atoms with Crippen molar-refractivity contribution in [2.45, 2.75) is 0 Å². The number of aromatic nitrogens is 1. The number of benzene rings is 1. The molecule has 0 amide bonds. The maximum Gasteiger partial charge on any atom is 0.355 e. The Kier molecular flexibility index (Phi) is 4.93. The highest BCUT2D eigenvalue weighted by molar-refractivity contribution is 6.37. The third-order valence-electron chi connectivity index (χ3n) is 2.63. The monoisotopic (exact) mass is 313 g/mol. The second kappa shape index (κ2) is 6.68. The number of halogens is 2. The lowest BCUT2D eigenvalue weighted by molar-refractivity contribution is 0.0440. The van der Waals surface area contributed by atoms with Crippen LogP contribution in [0.1, 0.15) is 10.5 Å². The molecule has 2 aromatic rings. The van der Waals surface area contributed by atoms with Crippen LogP contribution in [-0.2, 0) is 11.8 Å². The normalized spacial score (nSPS) is 10.3. The summed E-state index contributed by atoms with van der Waals surface area (Å²) in [5.74, 6) is -0.00268. The van der Waals surface area contributed by atoms with Gasteiger partial charge in [0.1, 0.15) is 18.9 Å². The summed E-state index contributed by atoms with van der Waals surface area (Å²) < 4.78 is 12.2. The molecule has 0 fully saturated rings. The number of carbonyl (C=O) groups is 1. The van der Waals surface area contributed by atoms with Gasteiger partial charge in [0.05, 0.1) is 10.0 Å². The fraction of sp³-hybridized carbons (Fsp3) is 0.214. The van der Waals surface area contributed by atoms with Gasteiger partial charge in [0.15, 0.2) is 5.75 Å². The highest BCUT2D eigenvalue weighted by Crippen LogP contribution is 2.32. The first-order valence-corrected chi connectivity index (χ1v) is 6.70. The summed E-state index contributed by atoms with van der Waals surface area (Å²) >= 11 is 11.9. The Labute approximate surface area is 126 Å². The molecule has 6 heteroatoms. The number of nitrogens with zero attached hydrogens (tertiary/aromatic N) is 1. The Morgan fingerprint density at radius 2 is 1.85 bits per heavy atom. The van der Waals surface area contributed by atoms with Crippen LogP contribution in [0.4, 0.5) is 0 Å². The second-order valence-corrected chi connectivity index (χ2v) is 4.85. The van der Waals surface area contributed by atoms with E-state index in [0.29, 0.717) is 21.5 Å². The fourth-order valence-corrected chi connectivity index (χ4v) is 2.15. The minimum atomic E-state index is -0.397. The molecule has 2 rings (SSSR count). The number of hydrogen-bond donors (Lipinski definition) is 0. The molecule has 0 N–H and O–H groups in total. The van der Waals surface area contributed by atoms with Crippen LogP contribution < -0.4 is 4.74 Å². The zero-order valence-corrected chi connectivity index (χ0v) is 12.3. The molecule has 1 heterocycles. The molecule has 1 aromatic heterocycles. The van der Waals surface area contributed by atoms with E-state index in [-0.39, 0.29) is 13.2 Å². The molecule has 0 atom stereocenters. The van der Waals surface area contributed by atoms with Crippen LogP contribution in [0, 0.1) is 0 Å². The highest BCUT2D eigenvalue weighted by Gasteiger charge is 2.11. The lowest BCUT2D eigenvalue weighted by Gasteiger charge is -2.10. The SMILES string of the molecule is Cn1cccc1C(=O)OCCOc1c(Cl)cccc1Cl. The van der Waals surface area contributed by atoms with Gasteiger partial charge in [-0.1, -0.05) is 29.3 Å². The van der Waals surface area contributed by atoms with E-state index < -0.39 is 5.97 Å². The van der Waals surface area contributed by atoms with Gasteiger partial charge in [0.2, 0.25) is 0 Å². The highest BCUT2D eigenvalue weighted by atomic mass is 35.5. The molecule has 0 radical (unpaired) electrons. The lowest BCUT2D eigenvalue weighted by atomic mass is 10.3. The lowest BCUT2D eigenvalue weighted by Crippen LogP contribution is -2.14. The minimum absolute atomic E-state index is 0.117. The molecular weight excluding hydrogens is 301 g/mol. The van der Waals surface area contributed by atoms with Crippen molar-refractivity contribution in [2.75, 3.05) is 13.2 Å². The summed E-state index contributed by atoms with van der Waals surface area (Å²) in [6, 6.07) is 8.55. The van der Waals surface area contributed by atoms with Gasteiger partial charge in [-0.15, -0.1) is 0 Å². The van der Waals surface area contributed by atoms with Crippen molar-refractivity contribution in [2.24, 2.45) is 7.05 Å². The van der Waals surface area contributed by atoms with E-state index in [1.165, 1.54) is 0 Å². The molecule has 0 aliphatic carbocycles. The van der Waals surface area contributed by atoms with Gasteiger partial charge in [0, 0.05) is 13.2 Å². The average Bonchev–Trinajstić information content (AvgIpc) is 2.83. The molecule has 0 bridgehead atoms. The Hall–Kier alpha value is -1.65. The van der Waals surface area contributed by atoms with Crippen molar-refractivity contribution in [3.63, 3.8) is 0 Å². The van der Waals surface area contributed by atoms with Crippen LogP contribution in [0.3, 0.4) is 0 Å². The van der Waals surface area contributed by atoms with Crippen LogP contribution in [0.5, 0.6) is 5.75 Å². The Morgan fingerprint density at radius 1 is 1.15 bits per heavy atom. The van der Waals surface area contributed by atoms with Crippen molar-refractivity contribution in [3.8, 4) is 5.75 Å². The predicted octanol–water partition coefficient (Wildman–Crippen LogP) is 3.57. The number of esters is 1. The second-order valence-electron chi connectivity index (χ2n) is 4.04. The van der Waals surface area contributed by atoms with E-state index >= 15 is 0 Å². The van der Waals surface area contributed by atoms with Gasteiger partial charge >= 0.3 is 5.97 Å². The molecule has 106 valence electrons. The number of carbonyl (C=O) groups excluding carboxylic acids is 1. The van der Waals surface area contributed by atoms with Gasteiger partial charge in [-0.2, -0.15) is 0 Å². The van der Waals surface area contributed by atoms with Crippen LogP contribution >= 0.6 is 23.2 Å². The summed E-state index contributed by atoms with van der Waals surface area (Å²) in [5.41, 5.74) is 0.487. The molecule has 0 spiro atoms. The summed E-state index contributed by atoms with van der Waals surface area (Å²) in [7, 11) is 1.77. The molecule has 1 aromatic carbocycles. The zero-order chi connectivity index (χ0) is 14.5. The van der Waals surface area contributed by atoms with Crippen molar-refractivity contribution < 1.29 is 14.3 Å². The fourth-order valence-electron chi connectivity index (χ4n) is 1.65. The minimum Gasteiger partial charge on any atom is -0.487 e. The third kappa shape index (κ3) is 3.46. The number of ether oxygens (including phenoxy) is 2. The smallest absolute Gasteiger partial charge is 0.355 e. The van der Waals surface area contributed by atoms with Crippen molar-refractivity contribution in [1.29, 1.82) is 0 Å². The van der Waals surface area contributed by atoms with Gasteiger partial charge < -0.3 is 14.0 Å². The molecule has 0 saturated carbocycles. The van der Waals surface area contributed by atoms with E-state index in [0.717, 1.165) is 0 Å². The van der Waals surface area contributed by atoms with Gasteiger partial charge in [0.25, 0.3) is 0 Å². The van der Waals surface area contributed by atoms with E-state index in [1.807, 2.05) is 0 Å².